The van der Waals surface area contributed by atoms with E-state index < -0.39 is 0 Å². The molecule has 3 rings (SSSR count). The van der Waals surface area contributed by atoms with Gasteiger partial charge in [0.1, 0.15) is 5.82 Å². The second-order valence-corrected chi connectivity index (χ2v) is 6.90. The number of rotatable bonds is 6. The Bertz CT molecular complexity index is 785. The molecule has 2 aromatic heterocycles. The zero-order chi connectivity index (χ0) is 16.9. The highest BCUT2D eigenvalue weighted by molar-refractivity contribution is 7.98. The maximum atomic E-state index is 13.0. The van der Waals surface area contributed by atoms with Gasteiger partial charge in [0.05, 0.1) is 0 Å². The smallest absolute Gasteiger partial charge is 0.191 e. The minimum absolute atomic E-state index is 0.216. The van der Waals surface area contributed by atoms with Crippen molar-refractivity contribution in [3.63, 3.8) is 0 Å². The molecule has 0 N–H and O–H groups in total. The van der Waals surface area contributed by atoms with E-state index in [4.69, 9.17) is 0 Å². The van der Waals surface area contributed by atoms with Gasteiger partial charge in [0.15, 0.2) is 11.0 Å². The second kappa shape index (κ2) is 7.57. The Hall–Kier alpha value is -2.21. The molecule has 0 saturated carbocycles. The van der Waals surface area contributed by atoms with Gasteiger partial charge in [-0.2, -0.15) is 0 Å². The maximum absolute atomic E-state index is 13.0. The first-order valence-corrected chi connectivity index (χ1v) is 8.83. The van der Waals surface area contributed by atoms with E-state index in [0.29, 0.717) is 5.92 Å². The Labute approximate surface area is 145 Å². The van der Waals surface area contributed by atoms with Gasteiger partial charge in [-0.3, -0.25) is 4.98 Å². The number of nitrogens with zero attached hydrogens (tertiary/aromatic N) is 4. The number of pyridine rings is 1. The van der Waals surface area contributed by atoms with E-state index in [1.165, 1.54) is 12.1 Å². The second-order valence-electron chi connectivity index (χ2n) is 5.96. The standard InChI is InChI=1S/C18H19FN4S/c1-13(2)11-23-17(15-7-9-20-10-8-15)21-22-18(23)24-12-14-3-5-16(19)6-4-14/h3-10,13H,11-12H2,1-2H3. The van der Waals surface area contributed by atoms with E-state index in [1.807, 2.05) is 12.1 Å². The topological polar surface area (TPSA) is 43.6 Å². The summed E-state index contributed by atoms with van der Waals surface area (Å²) in [7, 11) is 0. The lowest BCUT2D eigenvalue weighted by Gasteiger charge is -2.12. The van der Waals surface area contributed by atoms with Gasteiger partial charge in [0, 0.05) is 30.3 Å². The van der Waals surface area contributed by atoms with E-state index in [0.717, 1.165) is 34.4 Å². The van der Waals surface area contributed by atoms with Gasteiger partial charge >= 0.3 is 0 Å². The Morgan fingerprint density at radius 1 is 1.04 bits per heavy atom. The van der Waals surface area contributed by atoms with Crippen molar-refractivity contribution in [1.29, 1.82) is 0 Å². The largest absolute Gasteiger partial charge is 0.302 e. The Morgan fingerprint density at radius 2 is 1.75 bits per heavy atom. The van der Waals surface area contributed by atoms with Gasteiger partial charge in [-0.1, -0.05) is 37.7 Å². The van der Waals surface area contributed by atoms with E-state index in [1.54, 1.807) is 36.3 Å². The Kier molecular flexibility index (Phi) is 5.25. The lowest BCUT2D eigenvalue weighted by atomic mass is 10.2. The molecule has 2 heterocycles. The van der Waals surface area contributed by atoms with Crippen LogP contribution in [0.3, 0.4) is 0 Å². The summed E-state index contributed by atoms with van der Waals surface area (Å²) in [5, 5.41) is 9.60. The van der Waals surface area contributed by atoms with Gasteiger partial charge in [-0.05, 0) is 35.7 Å². The van der Waals surface area contributed by atoms with Gasteiger partial charge in [0.2, 0.25) is 0 Å². The fourth-order valence-electron chi connectivity index (χ4n) is 2.37. The first-order valence-electron chi connectivity index (χ1n) is 7.84. The molecule has 6 heteroatoms. The van der Waals surface area contributed by atoms with E-state index >= 15 is 0 Å². The number of thioether (sulfide) groups is 1. The summed E-state index contributed by atoms with van der Waals surface area (Å²) in [6.45, 7) is 5.19. The van der Waals surface area contributed by atoms with Crippen molar-refractivity contribution < 1.29 is 4.39 Å². The molecular weight excluding hydrogens is 323 g/mol. The van der Waals surface area contributed by atoms with Crippen molar-refractivity contribution in [2.75, 3.05) is 0 Å². The summed E-state index contributed by atoms with van der Waals surface area (Å²) >= 11 is 1.61. The summed E-state index contributed by atoms with van der Waals surface area (Å²) in [5.74, 6) is 1.85. The highest BCUT2D eigenvalue weighted by Gasteiger charge is 2.15. The number of benzene rings is 1. The third-order valence-corrected chi connectivity index (χ3v) is 4.52. The minimum atomic E-state index is -0.216. The highest BCUT2D eigenvalue weighted by Crippen LogP contribution is 2.27. The predicted octanol–water partition coefficient (Wildman–Crippen LogP) is 4.43. The van der Waals surface area contributed by atoms with Crippen LogP contribution in [0.1, 0.15) is 19.4 Å². The van der Waals surface area contributed by atoms with Crippen LogP contribution >= 0.6 is 11.8 Å². The molecule has 0 aliphatic heterocycles. The lowest BCUT2D eigenvalue weighted by molar-refractivity contribution is 0.498. The average Bonchev–Trinajstić information content (AvgIpc) is 2.97. The SMILES string of the molecule is CC(C)Cn1c(SCc2ccc(F)cc2)nnc1-c1ccncc1. The van der Waals surface area contributed by atoms with Crippen LogP contribution in [0.2, 0.25) is 0 Å². The first kappa shape index (κ1) is 16.6. The first-order chi connectivity index (χ1) is 11.6. The summed E-state index contributed by atoms with van der Waals surface area (Å²) in [4.78, 5) is 4.06. The van der Waals surface area contributed by atoms with Gasteiger partial charge in [-0.25, -0.2) is 4.39 Å². The molecule has 0 aliphatic carbocycles. The van der Waals surface area contributed by atoms with E-state index in [9.17, 15) is 4.39 Å². The number of aromatic nitrogens is 4. The third-order valence-electron chi connectivity index (χ3n) is 3.48. The summed E-state index contributed by atoms with van der Waals surface area (Å²) in [6.07, 6.45) is 3.52. The van der Waals surface area contributed by atoms with Gasteiger partial charge in [-0.15, -0.1) is 10.2 Å². The van der Waals surface area contributed by atoms with Crippen molar-refractivity contribution in [1.82, 2.24) is 19.7 Å². The van der Waals surface area contributed by atoms with Crippen LogP contribution in [0.25, 0.3) is 11.4 Å². The summed E-state index contributed by atoms with van der Waals surface area (Å²) < 4.78 is 15.2. The van der Waals surface area contributed by atoms with Gasteiger partial charge < -0.3 is 4.57 Å². The number of hydrogen-bond donors (Lipinski definition) is 0. The van der Waals surface area contributed by atoms with E-state index in [-0.39, 0.29) is 5.82 Å². The molecule has 3 aromatic rings. The van der Waals surface area contributed by atoms with Crippen molar-refractivity contribution in [3.05, 3.63) is 60.2 Å². The molecule has 124 valence electrons. The van der Waals surface area contributed by atoms with Crippen molar-refractivity contribution in [2.45, 2.75) is 31.3 Å². The van der Waals surface area contributed by atoms with Gasteiger partial charge in [0.25, 0.3) is 0 Å². The lowest BCUT2D eigenvalue weighted by Crippen LogP contribution is -2.07. The monoisotopic (exact) mass is 342 g/mol. The van der Waals surface area contributed by atoms with Crippen molar-refractivity contribution in [3.8, 4) is 11.4 Å². The molecule has 24 heavy (non-hydrogen) atoms. The van der Waals surface area contributed by atoms with E-state index in [2.05, 4.69) is 33.6 Å². The van der Waals surface area contributed by atoms with Crippen LogP contribution in [0, 0.1) is 11.7 Å². The molecule has 0 aliphatic rings. The molecule has 0 bridgehead atoms. The Balaban J connectivity index is 1.84. The van der Waals surface area contributed by atoms with Crippen molar-refractivity contribution in [2.24, 2.45) is 5.92 Å². The minimum Gasteiger partial charge on any atom is -0.302 e. The molecule has 0 unspecified atom stereocenters. The quantitative estimate of drug-likeness (QED) is 0.622. The summed E-state index contributed by atoms with van der Waals surface area (Å²) in [5.41, 5.74) is 2.07. The molecule has 0 atom stereocenters. The molecule has 0 fully saturated rings. The zero-order valence-corrected chi connectivity index (χ0v) is 14.5. The van der Waals surface area contributed by atoms with Crippen LogP contribution in [0.15, 0.2) is 53.9 Å². The van der Waals surface area contributed by atoms with Crippen LogP contribution in [-0.4, -0.2) is 19.7 Å². The fourth-order valence-corrected chi connectivity index (χ4v) is 3.27. The zero-order valence-electron chi connectivity index (χ0n) is 13.7. The molecule has 4 nitrogen and oxygen atoms in total. The van der Waals surface area contributed by atoms with Crippen molar-refractivity contribution >= 4 is 11.8 Å². The summed E-state index contributed by atoms with van der Waals surface area (Å²) in [6, 6.07) is 10.4. The fraction of sp³-hybridized carbons (Fsp3) is 0.278. The molecule has 1 aromatic carbocycles. The highest BCUT2D eigenvalue weighted by atomic mass is 32.2. The number of hydrogen-bond acceptors (Lipinski definition) is 4. The normalized spacial score (nSPS) is 11.2. The maximum Gasteiger partial charge on any atom is 0.191 e. The Morgan fingerprint density at radius 3 is 2.42 bits per heavy atom. The molecule has 0 saturated heterocycles. The molecule has 0 radical (unpaired) electrons. The molecular formula is C18H19FN4S. The van der Waals surface area contributed by atoms with Crippen LogP contribution in [0.4, 0.5) is 4.39 Å². The predicted molar refractivity (Wildman–Crippen MR) is 94.1 cm³/mol. The van der Waals surface area contributed by atoms with Crippen LogP contribution in [-0.2, 0) is 12.3 Å². The number of halogens is 1. The molecule has 0 spiro atoms. The van der Waals surface area contributed by atoms with Crippen LogP contribution < -0.4 is 0 Å². The average molecular weight is 342 g/mol. The third kappa shape index (κ3) is 4.00. The molecule has 0 amide bonds. The van der Waals surface area contributed by atoms with Crippen LogP contribution in [0.5, 0.6) is 0 Å².